The Hall–Kier alpha value is -1.24. The van der Waals surface area contributed by atoms with Crippen LogP contribution in [0.1, 0.15) is 202 Å². The van der Waals surface area contributed by atoms with E-state index in [1.165, 1.54) is 128 Å². The summed E-state index contributed by atoms with van der Waals surface area (Å²) >= 11 is 0. The van der Waals surface area contributed by atoms with Crippen LogP contribution in [0, 0.1) is 11.8 Å². The summed E-state index contributed by atoms with van der Waals surface area (Å²) in [5.41, 5.74) is 6.07. The van der Waals surface area contributed by atoms with E-state index in [0.717, 1.165) is 57.7 Å². The molecular weight excluding hydrogens is 598 g/mol. The molecule has 48 heavy (non-hydrogen) atoms. The van der Waals surface area contributed by atoms with Gasteiger partial charge in [-0.3, -0.25) is 9.59 Å². The summed E-state index contributed by atoms with van der Waals surface area (Å²) in [6.07, 6.45) is 35.6. The molecule has 0 aliphatic heterocycles. The number of Topliss-reactive ketones (excluding diaryl/α,β-unsaturated/α-hetero) is 1. The lowest BCUT2D eigenvalue weighted by Crippen LogP contribution is -2.31. The first-order valence-corrected chi connectivity index (χ1v) is 20.5. The first kappa shape index (κ1) is 51.1. The van der Waals surface area contributed by atoms with Crippen molar-refractivity contribution >= 4 is 12.3 Å². The molecule has 3 N–H and O–H groups in total. The van der Waals surface area contributed by atoms with Crippen LogP contribution in [0.2, 0.25) is 0 Å². The van der Waals surface area contributed by atoms with Gasteiger partial charge >= 0.3 is 0 Å². The number of carbonyl (C=O) groups excluding carboxylic acids is 1. The highest BCUT2D eigenvalue weighted by molar-refractivity contribution is 5.78. The molecule has 0 aromatic rings. The van der Waals surface area contributed by atoms with E-state index in [9.17, 15) is 4.79 Å². The molecule has 6 nitrogen and oxygen atoms in total. The number of ether oxygens (including phenoxy) is 2. The molecule has 0 fully saturated rings. The van der Waals surface area contributed by atoms with Gasteiger partial charge in [0.2, 0.25) is 0 Å². The fourth-order valence-electron chi connectivity index (χ4n) is 5.99. The molecule has 0 heterocycles. The molecule has 0 aliphatic carbocycles. The number of rotatable bonds is 35. The second-order valence-electron chi connectivity index (χ2n) is 13.9. The van der Waals surface area contributed by atoms with Gasteiger partial charge in [-0.2, -0.15) is 0 Å². The molecule has 0 aromatic heterocycles. The molecule has 0 aromatic carbocycles. The van der Waals surface area contributed by atoms with Gasteiger partial charge in [-0.15, -0.1) is 6.58 Å². The normalized spacial score (nSPS) is 11.5. The van der Waals surface area contributed by atoms with E-state index in [1.807, 2.05) is 6.08 Å². The first-order chi connectivity index (χ1) is 23.4. The van der Waals surface area contributed by atoms with Crippen molar-refractivity contribution in [2.75, 3.05) is 26.4 Å². The largest absolute Gasteiger partial charge is 0.483 e. The maximum absolute atomic E-state index is 11.5. The fraction of sp³-hybridized carbons (Fsp3) is 0.905. The summed E-state index contributed by atoms with van der Waals surface area (Å²) < 4.78 is 11.4. The van der Waals surface area contributed by atoms with Crippen LogP contribution in [0.3, 0.4) is 0 Å². The van der Waals surface area contributed by atoms with Gasteiger partial charge < -0.3 is 20.3 Å². The number of allylic oxidation sites excluding steroid dienone is 1. The first-order valence-electron chi connectivity index (χ1n) is 20.5. The topological polar surface area (TPSA) is 98.9 Å². The lowest BCUT2D eigenvalue weighted by molar-refractivity contribution is -0.123. The summed E-state index contributed by atoms with van der Waals surface area (Å²) in [4.78, 5) is 19.8. The summed E-state index contributed by atoms with van der Waals surface area (Å²) in [5, 5.41) is 6.89. The summed E-state index contributed by atoms with van der Waals surface area (Å²) in [6.45, 7) is 17.2. The molecule has 0 bridgehead atoms. The van der Waals surface area contributed by atoms with Gasteiger partial charge in [-0.05, 0) is 51.4 Å². The fourth-order valence-corrected chi connectivity index (χ4v) is 5.99. The summed E-state index contributed by atoms with van der Waals surface area (Å²) in [6, 6.07) is -0.000663. The highest BCUT2D eigenvalue weighted by atomic mass is 16.5. The van der Waals surface area contributed by atoms with Crippen LogP contribution in [0.15, 0.2) is 12.7 Å². The minimum Gasteiger partial charge on any atom is -0.483 e. The van der Waals surface area contributed by atoms with Crippen molar-refractivity contribution in [1.29, 1.82) is 0 Å². The third-order valence-corrected chi connectivity index (χ3v) is 9.08. The van der Waals surface area contributed by atoms with E-state index in [1.54, 1.807) is 6.92 Å². The van der Waals surface area contributed by atoms with Gasteiger partial charge in [-0.1, -0.05) is 162 Å². The van der Waals surface area contributed by atoms with Gasteiger partial charge in [0, 0.05) is 19.1 Å². The van der Waals surface area contributed by atoms with Gasteiger partial charge in [0.15, 0.2) is 0 Å². The Morgan fingerprint density at radius 3 is 1.33 bits per heavy atom. The Balaban J connectivity index is -0.000000894. The van der Waals surface area contributed by atoms with Crippen molar-refractivity contribution in [3.8, 4) is 0 Å². The maximum atomic E-state index is 11.5. The van der Waals surface area contributed by atoms with E-state index in [2.05, 4.69) is 34.3 Å². The van der Waals surface area contributed by atoms with Crippen molar-refractivity contribution in [2.45, 2.75) is 208 Å². The quantitative estimate of drug-likeness (QED) is 0.0392. The molecule has 6 heteroatoms. The molecule has 0 radical (unpaired) electrons. The molecule has 1 atom stereocenters. The zero-order chi connectivity index (χ0) is 36.4. The number of ketones is 1. The van der Waals surface area contributed by atoms with Crippen molar-refractivity contribution in [1.82, 2.24) is 0 Å². The second-order valence-corrected chi connectivity index (χ2v) is 13.9. The SMILES string of the molecule is C=CCCCCOCC(N)COCCCCC(CCCCCC)CCCCCC.CCCCCCC(CCCCCC)C(C)=O.O=CO. The smallest absolute Gasteiger partial charge is 0.290 e. The minimum atomic E-state index is -0.250. The highest BCUT2D eigenvalue weighted by Gasteiger charge is 2.13. The van der Waals surface area contributed by atoms with Gasteiger partial charge in [0.1, 0.15) is 5.78 Å². The average molecular weight is 684 g/mol. The molecular formula is C42H85NO5. The standard InChI is InChI=1S/C26H53NO2.C15H30O.CH2O2/c1-4-7-10-13-18-25(19-14-11-8-5-2)20-15-17-22-29-24-26(27)23-28-21-16-12-9-6-3;1-4-6-8-10-12-15(14(3)16)13-11-9-7-5-2;2-1-3/h6,25-26H,3-5,7-24,27H2,1-2H3;15H,4-13H2,1-3H3;1H,(H,2,3). The van der Waals surface area contributed by atoms with Gasteiger partial charge in [0.05, 0.1) is 19.3 Å². The molecule has 0 spiro atoms. The van der Waals surface area contributed by atoms with E-state index in [0.29, 0.717) is 24.9 Å². The van der Waals surface area contributed by atoms with Gasteiger partial charge in [0.25, 0.3) is 6.47 Å². The van der Waals surface area contributed by atoms with E-state index < -0.39 is 0 Å². The lowest BCUT2D eigenvalue weighted by atomic mass is 9.90. The zero-order valence-electron chi connectivity index (χ0n) is 33.0. The lowest BCUT2D eigenvalue weighted by Gasteiger charge is -2.17. The number of carbonyl (C=O) groups is 2. The van der Waals surface area contributed by atoms with Crippen molar-refractivity contribution in [2.24, 2.45) is 17.6 Å². The van der Waals surface area contributed by atoms with Crippen molar-refractivity contribution in [3.05, 3.63) is 12.7 Å². The molecule has 1 unspecified atom stereocenters. The Kier molecular flexibility index (Phi) is 48.7. The average Bonchev–Trinajstić information content (AvgIpc) is 3.07. The molecule has 0 saturated carbocycles. The van der Waals surface area contributed by atoms with Crippen molar-refractivity contribution in [3.63, 3.8) is 0 Å². The molecule has 0 aliphatic rings. The van der Waals surface area contributed by atoms with Crippen LogP contribution in [0.5, 0.6) is 0 Å². The van der Waals surface area contributed by atoms with Crippen LogP contribution in [0.25, 0.3) is 0 Å². The third-order valence-electron chi connectivity index (χ3n) is 9.08. The molecule has 288 valence electrons. The zero-order valence-corrected chi connectivity index (χ0v) is 33.0. The van der Waals surface area contributed by atoms with E-state index in [4.69, 9.17) is 25.1 Å². The van der Waals surface area contributed by atoms with Crippen LogP contribution in [-0.4, -0.2) is 49.8 Å². The number of carboxylic acid groups (broad SMARTS) is 1. The van der Waals surface area contributed by atoms with Crippen LogP contribution in [0.4, 0.5) is 0 Å². The van der Waals surface area contributed by atoms with Crippen LogP contribution >= 0.6 is 0 Å². The van der Waals surface area contributed by atoms with Crippen LogP contribution in [-0.2, 0) is 19.1 Å². The Labute approximate surface area is 300 Å². The Bertz CT molecular complexity index is 605. The number of hydrogen-bond donors (Lipinski definition) is 2. The number of nitrogens with two attached hydrogens (primary N) is 1. The van der Waals surface area contributed by atoms with E-state index in [-0.39, 0.29) is 12.5 Å². The third kappa shape index (κ3) is 44.8. The van der Waals surface area contributed by atoms with Gasteiger partial charge in [-0.25, -0.2) is 0 Å². The monoisotopic (exact) mass is 684 g/mol. The maximum Gasteiger partial charge on any atom is 0.290 e. The molecule has 0 rings (SSSR count). The Morgan fingerprint density at radius 1 is 0.625 bits per heavy atom. The summed E-state index contributed by atoms with van der Waals surface area (Å²) in [7, 11) is 0. The van der Waals surface area contributed by atoms with Crippen LogP contribution < -0.4 is 5.73 Å². The Morgan fingerprint density at radius 2 is 0.979 bits per heavy atom. The summed E-state index contributed by atoms with van der Waals surface area (Å²) in [5.74, 6) is 1.70. The highest BCUT2D eigenvalue weighted by Crippen LogP contribution is 2.24. The minimum absolute atomic E-state index is 0.000663. The predicted octanol–water partition coefficient (Wildman–Crippen LogP) is 12.3. The second kappa shape index (κ2) is 45.8. The van der Waals surface area contributed by atoms with E-state index >= 15 is 0 Å². The number of unbranched alkanes of at least 4 members (excludes halogenated alkanes) is 15. The van der Waals surface area contributed by atoms with Crippen molar-refractivity contribution < 1.29 is 24.2 Å². The predicted molar refractivity (Wildman–Crippen MR) is 209 cm³/mol. The molecule has 0 amide bonds. The molecule has 0 saturated heterocycles. The number of hydrogen-bond acceptors (Lipinski definition) is 5.